The average Bonchev–Trinajstić information content (AvgIpc) is 3.36. The summed E-state index contributed by atoms with van der Waals surface area (Å²) >= 11 is 12.0. The van der Waals surface area contributed by atoms with Crippen molar-refractivity contribution in [2.24, 2.45) is 7.05 Å². The van der Waals surface area contributed by atoms with Crippen molar-refractivity contribution in [1.82, 2.24) is 9.55 Å². The number of rotatable bonds is 1. The van der Waals surface area contributed by atoms with Crippen molar-refractivity contribution < 1.29 is 14.0 Å². The Morgan fingerprint density at radius 1 is 0.968 bits per heavy atom. The third kappa shape index (κ3) is 3.27. The number of Topliss-reactive ketones (excluding diaryl/α,β-unsaturated/α-hetero) is 2. The molecule has 0 aliphatic heterocycles. The third-order valence-electron chi connectivity index (χ3n) is 5.02. The summed E-state index contributed by atoms with van der Waals surface area (Å²) < 4.78 is 7.55. The van der Waals surface area contributed by atoms with E-state index < -0.39 is 11.6 Å². The van der Waals surface area contributed by atoms with Gasteiger partial charge >= 0.3 is 0 Å². The standard InChI is InChI=1S/C24H12Cl2N2O3/c1-28-20-10-14(31-24(20)27-21(28)8-7-13-5-3-2-4-6-13)9-17-22(29)15-11-18(25)19(26)12-16(15)23(17)30/h2-6,9-12H,1H3. The Morgan fingerprint density at radius 2 is 1.61 bits per heavy atom. The molecular weight excluding hydrogens is 435 g/mol. The van der Waals surface area contributed by atoms with Crippen LogP contribution < -0.4 is 0 Å². The van der Waals surface area contributed by atoms with Gasteiger partial charge in [0.05, 0.1) is 15.6 Å². The number of ketones is 2. The van der Waals surface area contributed by atoms with Gasteiger partial charge < -0.3 is 8.98 Å². The summed E-state index contributed by atoms with van der Waals surface area (Å²) in [6.07, 6.45) is 1.42. The Kier molecular flexibility index (Phi) is 4.55. The lowest BCUT2D eigenvalue weighted by Gasteiger charge is -1.98. The molecule has 4 aromatic rings. The van der Waals surface area contributed by atoms with Crippen LogP contribution in [0.3, 0.4) is 0 Å². The molecule has 0 fully saturated rings. The summed E-state index contributed by atoms with van der Waals surface area (Å²) in [5, 5.41) is 0.444. The van der Waals surface area contributed by atoms with Crippen molar-refractivity contribution in [3.8, 4) is 11.8 Å². The number of allylic oxidation sites excluding steroid dienone is 1. The molecule has 2 aromatic heterocycles. The van der Waals surface area contributed by atoms with E-state index in [1.807, 2.05) is 37.4 Å². The van der Waals surface area contributed by atoms with Crippen LogP contribution >= 0.6 is 23.2 Å². The molecule has 0 N–H and O–H groups in total. The third-order valence-corrected chi connectivity index (χ3v) is 5.74. The minimum Gasteiger partial charge on any atom is -0.437 e. The second-order valence-corrected chi connectivity index (χ2v) is 7.79. The van der Waals surface area contributed by atoms with Crippen LogP contribution in [0.1, 0.15) is 37.9 Å². The normalized spacial score (nSPS) is 12.8. The van der Waals surface area contributed by atoms with Gasteiger partial charge in [-0.15, -0.1) is 0 Å². The van der Waals surface area contributed by atoms with Gasteiger partial charge in [-0.05, 0) is 36.3 Å². The quantitative estimate of drug-likeness (QED) is 0.225. The molecule has 2 aromatic carbocycles. The van der Waals surface area contributed by atoms with Crippen molar-refractivity contribution in [3.05, 3.63) is 92.4 Å². The Hall–Kier alpha value is -3.59. The molecule has 0 radical (unpaired) electrons. The van der Waals surface area contributed by atoms with Crippen molar-refractivity contribution in [1.29, 1.82) is 0 Å². The highest BCUT2D eigenvalue weighted by molar-refractivity contribution is 6.46. The van der Waals surface area contributed by atoms with Gasteiger partial charge in [-0.2, -0.15) is 4.98 Å². The molecule has 150 valence electrons. The van der Waals surface area contributed by atoms with E-state index in [2.05, 4.69) is 16.8 Å². The summed E-state index contributed by atoms with van der Waals surface area (Å²) in [5.41, 5.74) is 2.41. The summed E-state index contributed by atoms with van der Waals surface area (Å²) in [5.74, 6) is 6.14. The van der Waals surface area contributed by atoms with Gasteiger partial charge in [-0.3, -0.25) is 9.59 Å². The zero-order chi connectivity index (χ0) is 21.7. The molecular formula is C24H12Cl2N2O3. The fourth-order valence-corrected chi connectivity index (χ4v) is 3.74. The highest BCUT2D eigenvalue weighted by Gasteiger charge is 2.34. The lowest BCUT2D eigenvalue weighted by molar-refractivity contribution is 0.0990. The number of nitrogens with zero attached hydrogens (tertiary/aromatic N) is 2. The minimum absolute atomic E-state index is 0.00326. The molecule has 0 spiro atoms. The van der Waals surface area contributed by atoms with Crippen LogP contribution in [0.5, 0.6) is 0 Å². The van der Waals surface area contributed by atoms with Gasteiger partial charge in [0.25, 0.3) is 0 Å². The smallest absolute Gasteiger partial charge is 0.246 e. The zero-order valence-corrected chi connectivity index (χ0v) is 17.6. The van der Waals surface area contributed by atoms with Crippen LogP contribution in [0.4, 0.5) is 0 Å². The van der Waals surface area contributed by atoms with E-state index in [0.29, 0.717) is 22.8 Å². The molecule has 0 saturated heterocycles. The number of hydrogen-bond acceptors (Lipinski definition) is 4. The van der Waals surface area contributed by atoms with Gasteiger partial charge in [0.15, 0.2) is 17.4 Å². The number of imidazole rings is 1. The first-order valence-corrected chi connectivity index (χ1v) is 10.0. The maximum atomic E-state index is 12.7. The number of hydrogen-bond donors (Lipinski definition) is 0. The fourth-order valence-electron chi connectivity index (χ4n) is 3.42. The first-order valence-electron chi connectivity index (χ1n) is 9.26. The van der Waals surface area contributed by atoms with Gasteiger partial charge in [-0.1, -0.05) is 47.3 Å². The van der Waals surface area contributed by atoms with Crippen LogP contribution in [0, 0.1) is 11.8 Å². The summed E-state index contributed by atoms with van der Waals surface area (Å²) in [6, 6.07) is 14.1. The number of halogens is 2. The van der Waals surface area contributed by atoms with E-state index in [1.54, 1.807) is 10.6 Å². The highest BCUT2D eigenvalue weighted by atomic mass is 35.5. The van der Waals surface area contributed by atoms with Crippen molar-refractivity contribution in [2.45, 2.75) is 0 Å². The predicted molar refractivity (Wildman–Crippen MR) is 119 cm³/mol. The topological polar surface area (TPSA) is 65.1 Å². The van der Waals surface area contributed by atoms with E-state index in [1.165, 1.54) is 18.2 Å². The van der Waals surface area contributed by atoms with Crippen molar-refractivity contribution in [3.63, 3.8) is 0 Å². The van der Waals surface area contributed by atoms with E-state index in [4.69, 9.17) is 27.6 Å². The van der Waals surface area contributed by atoms with E-state index >= 15 is 0 Å². The molecule has 31 heavy (non-hydrogen) atoms. The van der Waals surface area contributed by atoms with Crippen molar-refractivity contribution in [2.75, 3.05) is 0 Å². The molecule has 0 unspecified atom stereocenters. The maximum Gasteiger partial charge on any atom is 0.246 e. The van der Waals surface area contributed by atoms with Gasteiger partial charge in [0, 0.05) is 29.8 Å². The minimum atomic E-state index is -0.415. The number of fused-ring (bicyclic) bond motifs is 2. The molecule has 2 heterocycles. The molecule has 0 saturated carbocycles. The van der Waals surface area contributed by atoms with Crippen molar-refractivity contribution >= 4 is 52.1 Å². The molecule has 0 amide bonds. The lowest BCUT2D eigenvalue weighted by Crippen LogP contribution is -2.00. The van der Waals surface area contributed by atoms with E-state index in [9.17, 15) is 9.59 Å². The average molecular weight is 447 g/mol. The molecule has 5 nitrogen and oxygen atoms in total. The SMILES string of the molecule is Cn1c(C#Cc2ccccc2)nc2oc(C=C3C(=O)c4cc(Cl)c(Cl)cc4C3=O)cc21. The Bertz CT molecular complexity index is 1460. The highest BCUT2D eigenvalue weighted by Crippen LogP contribution is 2.34. The van der Waals surface area contributed by atoms with Crippen LogP contribution in [-0.4, -0.2) is 21.1 Å². The van der Waals surface area contributed by atoms with Crippen LogP contribution in [-0.2, 0) is 7.05 Å². The number of furan rings is 1. The van der Waals surface area contributed by atoms with Crippen LogP contribution in [0.15, 0.2) is 58.5 Å². The van der Waals surface area contributed by atoms with Gasteiger partial charge in [0.2, 0.25) is 5.71 Å². The monoisotopic (exact) mass is 446 g/mol. The van der Waals surface area contributed by atoms with Crippen LogP contribution in [0.25, 0.3) is 17.3 Å². The zero-order valence-electron chi connectivity index (χ0n) is 16.1. The van der Waals surface area contributed by atoms with Crippen LogP contribution in [0.2, 0.25) is 10.0 Å². The summed E-state index contributed by atoms with van der Waals surface area (Å²) in [6.45, 7) is 0. The predicted octanol–water partition coefficient (Wildman–Crippen LogP) is 5.34. The number of benzene rings is 2. The molecule has 0 atom stereocenters. The Balaban J connectivity index is 1.50. The second-order valence-electron chi connectivity index (χ2n) is 6.98. The van der Waals surface area contributed by atoms with Gasteiger partial charge in [-0.25, -0.2) is 0 Å². The molecule has 1 aliphatic rings. The number of aryl methyl sites for hydroxylation is 1. The second kappa shape index (κ2) is 7.28. The Labute approximate surface area is 186 Å². The first kappa shape index (κ1) is 19.4. The molecule has 0 bridgehead atoms. The number of carbonyl (C=O) groups is 2. The van der Waals surface area contributed by atoms with E-state index in [-0.39, 0.29) is 26.7 Å². The molecule has 1 aliphatic carbocycles. The number of carbonyl (C=O) groups excluding carboxylic acids is 2. The van der Waals surface area contributed by atoms with E-state index in [0.717, 1.165) is 5.56 Å². The lowest BCUT2D eigenvalue weighted by atomic mass is 10.1. The summed E-state index contributed by atoms with van der Waals surface area (Å²) in [4.78, 5) is 29.8. The Morgan fingerprint density at radius 3 is 2.23 bits per heavy atom. The largest absolute Gasteiger partial charge is 0.437 e. The number of aromatic nitrogens is 2. The first-order chi connectivity index (χ1) is 14.9. The molecule has 5 rings (SSSR count). The maximum absolute atomic E-state index is 12.7. The molecule has 7 heteroatoms. The fraction of sp³-hybridized carbons (Fsp3) is 0.0417. The van der Waals surface area contributed by atoms with Gasteiger partial charge in [0.1, 0.15) is 11.3 Å². The summed E-state index contributed by atoms with van der Waals surface area (Å²) in [7, 11) is 1.82.